The van der Waals surface area contributed by atoms with E-state index in [2.05, 4.69) is 21.2 Å². The van der Waals surface area contributed by atoms with Gasteiger partial charge in [-0.1, -0.05) is 52.7 Å². The van der Waals surface area contributed by atoms with E-state index in [0.29, 0.717) is 11.4 Å². The number of amides is 1. The zero-order valence-electron chi connectivity index (χ0n) is 11.6. The smallest absolute Gasteiger partial charge is 0.247 e. The first-order valence-electron chi connectivity index (χ1n) is 6.57. The molecule has 0 bridgehead atoms. The van der Waals surface area contributed by atoms with Crippen LogP contribution in [-0.4, -0.2) is 5.91 Å². The van der Waals surface area contributed by atoms with Crippen LogP contribution in [0, 0.1) is 0 Å². The average molecular weight is 368 g/mol. The van der Waals surface area contributed by atoms with Crippen molar-refractivity contribution < 1.29 is 4.79 Å². The summed E-state index contributed by atoms with van der Waals surface area (Å²) in [5.41, 5.74) is 6.26. The fourth-order valence-corrected chi connectivity index (χ4v) is 2.90. The molecule has 0 saturated carbocycles. The lowest BCUT2D eigenvalue weighted by atomic mass is 9.86. The third-order valence-corrected chi connectivity index (χ3v) is 4.18. The fourth-order valence-electron chi connectivity index (χ4n) is 2.31. The Morgan fingerprint density at radius 2 is 2.00 bits per heavy atom. The first-order valence-corrected chi connectivity index (χ1v) is 7.75. The number of carbonyl (C=O) groups is 1. The van der Waals surface area contributed by atoms with Gasteiger partial charge < -0.3 is 11.1 Å². The van der Waals surface area contributed by atoms with E-state index < -0.39 is 11.4 Å². The van der Waals surface area contributed by atoms with Crippen molar-refractivity contribution in [3.8, 4) is 0 Å². The van der Waals surface area contributed by atoms with Crippen LogP contribution in [0.25, 0.3) is 0 Å². The Hall–Kier alpha value is -1.52. The van der Waals surface area contributed by atoms with Crippen LogP contribution >= 0.6 is 27.5 Å². The monoisotopic (exact) mass is 366 g/mol. The van der Waals surface area contributed by atoms with Crippen molar-refractivity contribution in [1.29, 1.82) is 0 Å². The van der Waals surface area contributed by atoms with Gasteiger partial charge in [-0.05, 0) is 42.3 Å². The molecule has 3 N–H and O–H groups in total. The van der Waals surface area contributed by atoms with Gasteiger partial charge in [-0.3, -0.25) is 4.79 Å². The molecule has 21 heavy (non-hydrogen) atoms. The summed E-state index contributed by atoms with van der Waals surface area (Å²) in [5, 5.41) is 3.83. The highest BCUT2D eigenvalue weighted by atomic mass is 79.9. The Morgan fingerprint density at radius 1 is 1.29 bits per heavy atom. The van der Waals surface area contributed by atoms with Gasteiger partial charge in [-0.15, -0.1) is 0 Å². The minimum Gasteiger partial charge on any atom is -0.368 e. The number of hydrogen-bond acceptors (Lipinski definition) is 2. The molecular weight excluding hydrogens is 352 g/mol. The van der Waals surface area contributed by atoms with Crippen LogP contribution in [0.4, 0.5) is 5.69 Å². The molecule has 110 valence electrons. The zero-order chi connectivity index (χ0) is 15.5. The summed E-state index contributed by atoms with van der Waals surface area (Å²) < 4.78 is 0.924. The van der Waals surface area contributed by atoms with Crippen LogP contribution in [0.15, 0.2) is 53.0 Å². The molecule has 0 aliphatic carbocycles. The summed E-state index contributed by atoms with van der Waals surface area (Å²) in [5.74, 6) is -0.438. The molecule has 0 spiro atoms. The Kier molecular flexibility index (Phi) is 4.91. The summed E-state index contributed by atoms with van der Waals surface area (Å²) in [7, 11) is 0. The van der Waals surface area contributed by atoms with Crippen molar-refractivity contribution in [3.05, 3.63) is 63.6 Å². The molecule has 1 unspecified atom stereocenters. The van der Waals surface area contributed by atoms with Gasteiger partial charge in [-0.2, -0.15) is 0 Å². The maximum absolute atomic E-state index is 12.2. The minimum absolute atomic E-state index is 0.438. The highest BCUT2D eigenvalue weighted by molar-refractivity contribution is 9.10. The molecule has 2 rings (SSSR count). The van der Waals surface area contributed by atoms with Gasteiger partial charge in [0.1, 0.15) is 5.54 Å². The lowest BCUT2D eigenvalue weighted by Crippen LogP contribution is -2.47. The van der Waals surface area contributed by atoms with Gasteiger partial charge in [0.15, 0.2) is 0 Å². The van der Waals surface area contributed by atoms with Crippen molar-refractivity contribution in [2.24, 2.45) is 5.73 Å². The number of nitrogens with two attached hydrogens (primary N) is 1. The topological polar surface area (TPSA) is 55.1 Å². The standard InChI is InChI=1S/C16H16BrClN2O/c1-2-16(15(19)21,11-5-3-7-13(18)9-11)20-14-8-4-6-12(17)10-14/h3-10,20H,2H2,1H3,(H2,19,21). The van der Waals surface area contributed by atoms with E-state index in [9.17, 15) is 4.79 Å². The predicted molar refractivity (Wildman–Crippen MR) is 90.4 cm³/mol. The molecule has 0 aliphatic heterocycles. The number of halogens is 2. The highest BCUT2D eigenvalue weighted by Gasteiger charge is 2.37. The average Bonchev–Trinajstić information content (AvgIpc) is 2.44. The molecular formula is C16H16BrClN2O. The van der Waals surface area contributed by atoms with E-state index >= 15 is 0 Å². The van der Waals surface area contributed by atoms with Crippen LogP contribution in [0.2, 0.25) is 5.02 Å². The van der Waals surface area contributed by atoms with Crippen LogP contribution in [0.1, 0.15) is 18.9 Å². The highest BCUT2D eigenvalue weighted by Crippen LogP contribution is 2.32. The predicted octanol–water partition coefficient (Wildman–Crippen LogP) is 4.31. The van der Waals surface area contributed by atoms with Gasteiger partial charge in [0.2, 0.25) is 5.91 Å². The Balaban J connectivity index is 2.49. The van der Waals surface area contributed by atoms with Crippen molar-refractivity contribution in [3.63, 3.8) is 0 Å². The summed E-state index contributed by atoms with van der Waals surface area (Å²) in [6.07, 6.45) is 0.509. The summed E-state index contributed by atoms with van der Waals surface area (Å²) in [4.78, 5) is 12.2. The van der Waals surface area contributed by atoms with E-state index in [-0.39, 0.29) is 0 Å². The first kappa shape index (κ1) is 15.9. The second-order valence-corrected chi connectivity index (χ2v) is 6.12. The molecule has 1 amide bonds. The Bertz CT molecular complexity index is 662. The molecule has 0 heterocycles. The van der Waals surface area contributed by atoms with Crippen LogP contribution in [0.3, 0.4) is 0 Å². The largest absolute Gasteiger partial charge is 0.368 e. The van der Waals surface area contributed by atoms with E-state index in [1.807, 2.05) is 43.3 Å². The van der Waals surface area contributed by atoms with Gasteiger partial charge >= 0.3 is 0 Å². The quantitative estimate of drug-likeness (QED) is 0.827. The first-order chi connectivity index (χ1) is 9.98. The number of hydrogen-bond donors (Lipinski definition) is 2. The maximum Gasteiger partial charge on any atom is 0.247 e. The minimum atomic E-state index is -0.994. The van der Waals surface area contributed by atoms with Gasteiger partial charge in [-0.25, -0.2) is 0 Å². The maximum atomic E-state index is 12.2. The Morgan fingerprint density at radius 3 is 2.57 bits per heavy atom. The van der Waals surface area contributed by atoms with E-state index in [4.69, 9.17) is 17.3 Å². The van der Waals surface area contributed by atoms with Crippen LogP contribution < -0.4 is 11.1 Å². The SMILES string of the molecule is CCC(Nc1cccc(Br)c1)(C(N)=O)c1cccc(Cl)c1. The van der Waals surface area contributed by atoms with Crippen LogP contribution in [-0.2, 0) is 10.3 Å². The second-order valence-electron chi connectivity index (χ2n) is 4.77. The number of primary amides is 1. The van der Waals surface area contributed by atoms with E-state index in [1.165, 1.54) is 0 Å². The molecule has 3 nitrogen and oxygen atoms in total. The molecule has 2 aromatic rings. The number of carbonyl (C=O) groups excluding carboxylic acids is 1. The van der Waals surface area contributed by atoms with Crippen LogP contribution in [0.5, 0.6) is 0 Å². The lowest BCUT2D eigenvalue weighted by molar-refractivity contribution is -0.122. The number of rotatable bonds is 5. The molecule has 2 aromatic carbocycles. The third kappa shape index (κ3) is 3.39. The van der Waals surface area contributed by atoms with E-state index in [0.717, 1.165) is 15.7 Å². The molecule has 1 atom stereocenters. The molecule has 0 radical (unpaired) electrons. The van der Waals surface area contributed by atoms with Crippen molar-refractivity contribution >= 4 is 39.1 Å². The molecule has 0 saturated heterocycles. The normalized spacial score (nSPS) is 13.5. The van der Waals surface area contributed by atoms with Crippen molar-refractivity contribution in [2.45, 2.75) is 18.9 Å². The summed E-state index contributed by atoms with van der Waals surface area (Å²) in [6.45, 7) is 1.91. The Labute approximate surface area is 137 Å². The van der Waals surface area contributed by atoms with Crippen molar-refractivity contribution in [1.82, 2.24) is 0 Å². The number of benzene rings is 2. The molecule has 0 fully saturated rings. The van der Waals surface area contributed by atoms with Gasteiger partial charge in [0.25, 0.3) is 0 Å². The molecule has 0 aromatic heterocycles. The van der Waals surface area contributed by atoms with Crippen molar-refractivity contribution in [2.75, 3.05) is 5.32 Å². The van der Waals surface area contributed by atoms with Gasteiger partial charge in [0.05, 0.1) is 0 Å². The zero-order valence-corrected chi connectivity index (χ0v) is 13.9. The van der Waals surface area contributed by atoms with Gasteiger partial charge in [0, 0.05) is 15.2 Å². The fraction of sp³-hybridized carbons (Fsp3) is 0.188. The summed E-state index contributed by atoms with van der Waals surface area (Å²) >= 11 is 9.47. The molecule has 0 aliphatic rings. The molecule has 5 heteroatoms. The second kappa shape index (κ2) is 6.50. The van der Waals surface area contributed by atoms with E-state index in [1.54, 1.807) is 12.1 Å². The summed E-state index contributed by atoms with van der Waals surface area (Å²) in [6, 6.07) is 14.8. The number of anilines is 1. The lowest BCUT2D eigenvalue weighted by Gasteiger charge is -2.32. The number of nitrogens with one attached hydrogen (secondary N) is 1. The third-order valence-electron chi connectivity index (χ3n) is 3.45.